The van der Waals surface area contributed by atoms with E-state index in [-0.39, 0.29) is 0 Å². The van der Waals surface area contributed by atoms with Crippen molar-refractivity contribution < 1.29 is 0 Å². The second kappa shape index (κ2) is 4.72. The molecule has 1 heterocycles. The zero-order valence-corrected chi connectivity index (χ0v) is 12.6. The van der Waals surface area contributed by atoms with Gasteiger partial charge < -0.3 is 5.73 Å². The Labute approximate surface area is 121 Å². The lowest BCUT2D eigenvalue weighted by Crippen LogP contribution is -2.36. The van der Waals surface area contributed by atoms with Gasteiger partial charge in [0.2, 0.25) is 0 Å². The van der Waals surface area contributed by atoms with E-state index in [2.05, 4.69) is 57.4 Å². The molecule has 0 aromatic heterocycles. The van der Waals surface area contributed by atoms with Crippen LogP contribution in [0.5, 0.6) is 0 Å². The van der Waals surface area contributed by atoms with E-state index in [1.54, 1.807) is 0 Å². The van der Waals surface area contributed by atoms with Crippen LogP contribution >= 0.6 is 0 Å². The van der Waals surface area contributed by atoms with Crippen LogP contribution in [0.15, 0.2) is 42.1 Å². The number of quaternary nitrogens is 1. The van der Waals surface area contributed by atoms with Crippen molar-refractivity contribution in [3.8, 4) is 0 Å². The van der Waals surface area contributed by atoms with E-state index in [0.717, 1.165) is 23.9 Å². The normalized spacial score (nSPS) is 16.8. The lowest BCUT2D eigenvalue weighted by Gasteiger charge is -2.27. The standard InChI is InChI=1S/C18H23N2/c1-13-15(9-6-12-19)17-11-10-14-7-4-5-8-16(14)18(17)20(13,2)3/h4-5,7-8,10-11H,6,9,12,19H2,1-3H3/q+1. The summed E-state index contributed by atoms with van der Waals surface area (Å²) in [6, 6.07) is 13.2. The first-order valence-corrected chi connectivity index (χ1v) is 7.34. The summed E-state index contributed by atoms with van der Waals surface area (Å²) in [6.07, 6.45) is 2.13. The quantitative estimate of drug-likeness (QED) is 0.839. The Balaban J connectivity index is 2.25. The first-order valence-electron chi connectivity index (χ1n) is 7.34. The van der Waals surface area contributed by atoms with Gasteiger partial charge in [-0.15, -0.1) is 0 Å². The van der Waals surface area contributed by atoms with Crippen molar-refractivity contribution in [3.63, 3.8) is 0 Å². The van der Waals surface area contributed by atoms with Crippen LogP contribution in [0.2, 0.25) is 0 Å². The Hall–Kier alpha value is -1.64. The molecule has 1 aliphatic heterocycles. The van der Waals surface area contributed by atoms with Crippen molar-refractivity contribution >= 4 is 22.0 Å². The highest BCUT2D eigenvalue weighted by Crippen LogP contribution is 2.48. The smallest absolute Gasteiger partial charge is 0.152 e. The van der Waals surface area contributed by atoms with E-state index in [0.29, 0.717) is 0 Å². The van der Waals surface area contributed by atoms with Crippen molar-refractivity contribution in [1.29, 1.82) is 0 Å². The van der Waals surface area contributed by atoms with Gasteiger partial charge in [0.15, 0.2) is 5.69 Å². The highest BCUT2D eigenvalue weighted by molar-refractivity contribution is 6.02. The molecule has 2 aromatic rings. The molecule has 0 atom stereocenters. The van der Waals surface area contributed by atoms with Gasteiger partial charge in [-0.2, -0.15) is 0 Å². The van der Waals surface area contributed by atoms with Crippen LogP contribution in [0, 0.1) is 0 Å². The second-order valence-electron chi connectivity index (χ2n) is 6.09. The number of fused-ring (bicyclic) bond motifs is 3. The maximum Gasteiger partial charge on any atom is 0.152 e. The highest BCUT2D eigenvalue weighted by Gasteiger charge is 2.37. The van der Waals surface area contributed by atoms with Gasteiger partial charge in [-0.1, -0.05) is 24.3 Å². The third kappa shape index (κ3) is 1.80. The fraction of sp³-hybridized carbons (Fsp3) is 0.333. The molecule has 104 valence electrons. The van der Waals surface area contributed by atoms with Gasteiger partial charge >= 0.3 is 0 Å². The number of benzene rings is 2. The van der Waals surface area contributed by atoms with Crippen LogP contribution in [0.25, 0.3) is 16.3 Å². The maximum atomic E-state index is 5.70. The van der Waals surface area contributed by atoms with Gasteiger partial charge in [-0.05, 0) is 36.9 Å². The molecule has 3 rings (SSSR count). The lowest BCUT2D eigenvalue weighted by molar-refractivity contribution is 0.509. The van der Waals surface area contributed by atoms with Crippen LogP contribution in [-0.2, 0) is 0 Å². The number of nitrogens with zero attached hydrogens (tertiary/aromatic N) is 1. The molecule has 2 N–H and O–H groups in total. The Morgan fingerprint density at radius 2 is 1.80 bits per heavy atom. The van der Waals surface area contributed by atoms with Crippen molar-refractivity contribution in [1.82, 2.24) is 4.48 Å². The van der Waals surface area contributed by atoms with E-state index >= 15 is 0 Å². The van der Waals surface area contributed by atoms with Gasteiger partial charge in [-0.3, -0.25) is 4.48 Å². The van der Waals surface area contributed by atoms with Crippen LogP contribution < -0.4 is 10.2 Å². The van der Waals surface area contributed by atoms with Crippen molar-refractivity contribution in [3.05, 3.63) is 47.7 Å². The minimum atomic E-state index is 0.757. The van der Waals surface area contributed by atoms with Crippen LogP contribution in [0.4, 0.5) is 5.69 Å². The van der Waals surface area contributed by atoms with Gasteiger partial charge in [0.1, 0.15) is 5.70 Å². The molecule has 0 spiro atoms. The predicted octanol–water partition coefficient (Wildman–Crippen LogP) is 3.89. The summed E-state index contributed by atoms with van der Waals surface area (Å²) in [5.41, 5.74) is 11.5. The second-order valence-corrected chi connectivity index (χ2v) is 6.09. The minimum Gasteiger partial charge on any atom is -0.330 e. The Kier molecular flexibility index (Phi) is 3.15. The molecule has 2 nitrogen and oxygen atoms in total. The Morgan fingerprint density at radius 3 is 2.55 bits per heavy atom. The maximum absolute atomic E-state index is 5.70. The summed E-state index contributed by atoms with van der Waals surface area (Å²) < 4.78 is 0.858. The van der Waals surface area contributed by atoms with E-state index in [1.165, 1.54) is 33.3 Å². The number of rotatable bonds is 3. The van der Waals surface area contributed by atoms with Crippen LogP contribution in [0.1, 0.15) is 25.3 Å². The summed E-state index contributed by atoms with van der Waals surface area (Å²) >= 11 is 0. The monoisotopic (exact) mass is 267 g/mol. The molecule has 0 fully saturated rings. The zero-order chi connectivity index (χ0) is 14.3. The van der Waals surface area contributed by atoms with E-state index in [1.807, 2.05) is 0 Å². The van der Waals surface area contributed by atoms with Crippen LogP contribution in [-0.4, -0.2) is 20.6 Å². The average Bonchev–Trinajstić information content (AvgIpc) is 2.65. The summed E-state index contributed by atoms with van der Waals surface area (Å²) in [6.45, 7) is 3.02. The zero-order valence-electron chi connectivity index (χ0n) is 12.6. The van der Waals surface area contributed by atoms with E-state index in [4.69, 9.17) is 5.73 Å². The molecular formula is C18H23N2+. The van der Waals surface area contributed by atoms with Gasteiger partial charge in [0, 0.05) is 23.4 Å². The molecule has 1 aliphatic rings. The molecular weight excluding hydrogens is 244 g/mol. The molecule has 2 aromatic carbocycles. The Morgan fingerprint density at radius 1 is 1.05 bits per heavy atom. The number of hydrogen-bond donors (Lipinski definition) is 1. The largest absolute Gasteiger partial charge is 0.330 e. The van der Waals surface area contributed by atoms with E-state index in [9.17, 15) is 0 Å². The molecule has 2 heteroatoms. The summed E-state index contributed by atoms with van der Waals surface area (Å²) in [5.74, 6) is 0. The minimum absolute atomic E-state index is 0.757. The SMILES string of the molecule is CC1=C(CCCN)c2ccc3ccccc3c2[N+]1(C)C. The molecule has 0 saturated heterocycles. The van der Waals surface area contributed by atoms with Gasteiger partial charge in [0.25, 0.3) is 0 Å². The summed E-state index contributed by atoms with van der Waals surface area (Å²) in [4.78, 5) is 0. The predicted molar refractivity (Wildman–Crippen MR) is 88.5 cm³/mol. The first kappa shape index (κ1) is 13.3. The molecule has 0 bridgehead atoms. The molecule has 0 radical (unpaired) electrons. The fourth-order valence-corrected chi connectivity index (χ4v) is 3.40. The number of allylic oxidation sites excluding steroid dienone is 2. The number of hydrogen-bond acceptors (Lipinski definition) is 1. The van der Waals surface area contributed by atoms with Gasteiger partial charge in [-0.25, -0.2) is 0 Å². The molecule has 0 aliphatic carbocycles. The van der Waals surface area contributed by atoms with Crippen molar-refractivity contribution in [2.75, 3.05) is 20.6 Å². The first-order chi connectivity index (χ1) is 9.57. The molecule has 0 unspecified atom stereocenters. The third-order valence-corrected chi connectivity index (χ3v) is 4.69. The van der Waals surface area contributed by atoms with Gasteiger partial charge in [0.05, 0.1) is 14.1 Å². The molecule has 0 amide bonds. The summed E-state index contributed by atoms with van der Waals surface area (Å²) in [7, 11) is 4.58. The topological polar surface area (TPSA) is 26.0 Å². The highest BCUT2D eigenvalue weighted by atomic mass is 15.3. The van der Waals surface area contributed by atoms with Crippen molar-refractivity contribution in [2.45, 2.75) is 19.8 Å². The van der Waals surface area contributed by atoms with E-state index < -0.39 is 0 Å². The van der Waals surface area contributed by atoms with Crippen LogP contribution in [0.3, 0.4) is 0 Å². The fourth-order valence-electron chi connectivity index (χ4n) is 3.40. The third-order valence-electron chi connectivity index (χ3n) is 4.69. The summed E-state index contributed by atoms with van der Waals surface area (Å²) in [5, 5.41) is 2.70. The lowest BCUT2D eigenvalue weighted by atomic mass is 9.97. The average molecular weight is 267 g/mol. The Bertz CT molecular complexity index is 696. The molecule has 20 heavy (non-hydrogen) atoms. The number of nitrogens with two attached hydrogens (primary N) is 1. The van der Waals surface area contributed by atoms with Crippen molar-refractivity contribution in [2.24, 2.45) is 5.73 Å². The molecule has 0 saturated carbocycles.